The van der Waals surface area contributed by atoms with Crippen LogP contribution in [0.15, 0.2) is 29.2 Å². The van der Waals surface area contributed by atoms with Crippen molar-refractivity contribution in [1.82, 2.24) is 4.31 Å². The number of rotatable bonds is 8. The topological polar surface area (TPSA) is 83.5 Å². The van der Waals surface area contributed by atoms with E-state index in [9.17, 15) is 16.8 Å². The number of hydrogen-bond acceptors (Lipinski definition) is 5. The molecule has 6 nitrogen and oxygen atoms in total. The molecule has 1 N–H and O–H groups in total. The monoisotopic (exact) mass is 334 g/mol. The van der Waals surface area contributed by atoms with Gasteiger partial charge in [0.25, 0.3) is 0 Å². The van der Waals surface area contributed by atoms with Crippen LogP contribution in [0.2, 0.25) is 0 Å². The van der Waals surface area contributed by atoms with Crippen molar-refractivity contribution in [2.75, 3.05) is 37.5 Å². The van der Waals surface area contributed by atoms with Gasteiger partial charge in [0.05, 0.1) is 16.4 Å². The van der Waals surface area contributed by atoms with Crippen LogP contribution in [0.4, 0.5) is 5.69 Å². The van der Waals surface area contributed by atoms with Crippen molar-refractivity contribution in [1.29, 1.82) is 0 Å². The molecule has 21 heavy (non-hydrogen) atoms. The third-order valence-electron chi connectivity index (χ3n) is 2.93. The van der Waals surface area contributed by atoms with Crippen LogP contribution in [-0.2, 0) is 19.9 Å². The molecule has 0 aliphatic carbocycles. The number of anilines is 1. The predicted molar refractivity (Wildman–Crippen MR) is 84.7 cm³/mol. The van der Waals surface area contributed by atoms with Crippen molar-refractivity contribution in [3.05, 3.63) is 24.3 Å². The number of sulfonamides is 1. The molecule has 0 bridgehead atoms. The molecule has 0 fully saturated rings. The zero-order valence-electron chi connectivity index (χ0n) is 12.5. The molecule has 0 atom stereocenters. The van der Waals surface area contributed by atoms with E-state index in [2.05, 4.69) is 5.32 Å². The van der Waals surface area contributed by atoms with Gasteiger partial charge in [-0.25, -0.2) is 21.1 Å². The normalized spacial score (nSPS) is 12.6. The summed E-state index contributed by atoms with van der Waals surface area (Å²) in [6.45, 7) is 2.08. The Morgan fingerprint density at radius 1 is 1.00 bits per heavy atom. The molecule has 0 radical (unpaired) electrons. The Kier molecular flexibility index (Phi) is 6.18. The molecule has 0 aliphatic heterocycles. The average Bonchev–Trinajstić information content (AvgIpc) is 2.39. The Labute approximate surface area is 127 Å². The van der Waals surface area contributed by atoms with E-state index in [0.29, 0.717) is 12.1 Å². The van der Waals surface area contributed by atoms with Crippen LogP contribution in [0, 0.1) is 0 Å². The first-order chi connectivity index (χ1) is 9.69. The summed E-state index contributed by atoms with van der Waals surface area (Å²) in [5, 5.41) is 2.97. The molecule has 0 unspecified atom stereocenters. The van der Waals surface area contributed by atoms with E-state index in [1.54, 1.807) is 12.1 Å². The molecule has 0 spiro atoms. The highest BCUT2D eigenvalue weighted by molar-refractivity contribution is 7.91. The number of nitrogens with one attached hydrogen (secondary N) is 1. The van der Waals surface area contributed by atoms with Crippen molar-refractivity contribution in [3.63, 3.8) is 0 Å². The molecule has 0 amide bonds. The van der Waals surface area contributed by atoms with E-state index in [0.717, 1.165) is 0 Å². The molecule has 0 saturated heterocycles. The molecular weight excluding hydrogens is 312 g/mol. The minimum Gasteiger partial charge on any atom is -0.384 e. The number of hydrogen-bond donors (Lipinski definition) is 1. The first kappa shape index (κ1) is 17.9. The van der Waals surface area contributed by atoms with Gasteiger partial charge in [-0.05, 0) is 30.7 Å². The Morgan fingerprint density at radius 3 is 2.05 bits per heavy atom. The van der Waals surface area contributed by atoms with E-state index in [1.807, 2.05) is 6.92 Å². The van der Waals surface area contributed by atoms with Gasteiger partial charge in [-0.3, -0.25) is 0 Å². The summed E-state index contributed by atoms with van der Waals surface area (Å²) in [5.41, 5.74) is 0.694. The van der Waals surface area contributed by atoms with E-state index in [4.69, 9.17) is 0 Å². The molecule has 8 heteroatoms. The van der Waals surface area contributed by atoms with E-state index in [1.165, 1.54) is 30.5 Å². The standard InChI is InChI=1S/C13H22N2O4S2/c1-4-10-20(16,17)13-7-5-12(6-8-13)14-9-11-21(18,19)15(2)3/h5-8,14H,4,9-11H2,1-3H3. The van der Waals surface area contributed by atoms with Crippen LogP contribution in [0.1, 0.15) is 13.3 Å². The van der Waals surface area contributed by atoms with Gasteiger partial charge >= 0.3 is 0 Å². The summed E-state index contributed by atoms with van der Waals surface area (Å²) < 4.78 is 48.1. The number of sulfone groups is 1. The Bertz CT molecular complexity index is 650. The van der Waals surface area contributed by atoms with Gasteiger partial charge in [-0.2, -0.15) is 0 Å². The largest absolute Gasteiger partial charge is 0.384 e. The summed E-state index contributed by atoms with van der Waals surface area (Å²) in [4.78, 5) is 0.288. The fourth-order valence-corrected chi connectivity index (χ4v) is 3.72. The van der Waals surface area contributed by atoms with Gasteiger partial charge < -0.3 is 5.32 Å². The summed E-state index contributed by atoms with van der Waals surface area (Å²) in [7, 11) is -3.47. The van der Waals surface area contributed by atoms with E-state index in [-0.39, 0.29) is 22.9 Å². The third-order valence-corrected chi connectivity index (χ3v) is 6.70. The molecule has 1 aromatic carbocycles. The lowest BCUT2D eigenvalue weighted by Crippen LogP contribution is -2.28. The Morgan fingerprint density at radius 2 is 1.57 bits per heavy atom. The zero-order chi connectivity index (χ0) is 16.1. The van der Waals surface area contributed by atoms with Gasteiger partial charge in [0.15, 0.2) is 9.84 Å². The Hall–Kier alpha value is -1.12. The lowest BCUT2D eigenvalue weighted by Gasteiger charge is -2.12. The molecule has 1 rings (SSSR count). The summed E-state index contributed by atoms with van der Waals surface area (Å²) >= 11 is 0. The summed E-state index contributed by atoms with van der Waals surface area (Å²) in [6.07, 6.45) is 0.574. The molecule has 0 saturated carbocycles. The quantitative estimate of drug-likeness (QED) is 0.771. The van der Waals surface area contributed by atoms with Crippen molar-refractivity contribution in [2.45, 2.75) is 18.2 Å². The minimum atomic E-state index is -3.23. The molecule has 0 aliphatic rings. The molecule has 1 aromatic rings. The summed E-state index contributed by atoms with van der Waals surface area (Å²) in [5.74, 6) is 0.108. The first-order valence-electron chi connectivity index (χ1n) is 6.66. The van der Waals surface area contributed by atoms with E-state index < -0.39 is 19.9 Å². The third kappa shape index (κ3) is 5.29. The lowest BCUT2D eigenvalue weighted by molar-refractivity contribution is 0.521. The van der Waals surface area contributed by atoms with Gasteiger partial charge in [0.2, 0.25) is 10.0 Å². The van der Waals surface area contributed by atoms with Gasteiger partial charge in [-0.1, -0.05) is 6.92 Å². The average molecular weight is 334 g/mol. The van der Waals surface area contributed by atoms with Crippen molar-refractivity contribution in [3.8, 4) is 0 Å². The van der Waals surface area contributed by atoms with Crippen molar-refractivity contribution in [2.24, 2.45) is 0 Å². The highest BCUT2D eigenvalue weighted by Crippen LogP contribution is 2.16. The second kappa shape index (κ2) is 7.24. The zero-order valence-corrected chi connectivity index (χ0v) is 14.2. The fourth-order valence-electron chi connectivity index (χ4n) is 1.67. The second-order valence-corrected chi connectivity index (χ2v) is 9.28. The van der Waals surface area contributed by atoms with E-state index >= 15 is 0 Å². The highest BCUT2D eigenvalue weighted by Gasteiger charge is 2.14. The number of nitrogens with zero attached hydrogens (tertiary/aromatic N) is 1. The lowest BCUT2D eigenvalue weighted by atomic mass is 10.3. The number of benzene rings is 1. The smallest absolute Gasteiger partial charge is 0.215 e. The van der Waals surface area contributed by atoms with Crippen LogP contribution in [0.3, 0.4) is 0 Å². The Balaban J connectivity index is 2.64. The van der Waals surface area contributed by atoms with Crippen molar-refractivity contribution < 1.29 is 16.8 Å². The second-order valence-electron chi connectivity index (χ2n) is 4.87. The summed E-state index contributed by atoms with van der Waals surface area (Å²) in [6, 6.07) is 6.36. The molecule has 120 valence electrons. The molecular formula is C13H22N2O4S2. The molecule has 0 aromatic heterocycles. The predicted octanol–water partition coefficient (Wildman–Crippen LogP) is 1.17. The highest BCUT2D eigenvalue weighted by atomic mass is 32.2. The first-order valence-corrected chi connectivity index (χ1v) is 9.92. The maximum atomic E-state index is 11.9. The van der Waals surface area contributed by atoms with Gasteiger partial charge in [0.1, 0.15) is 0 Å². The van der Waals surface area contributed by atoms with Crippen LogP contribution < -0.4 is 5.32 Å². The maximum absolute atomic E-state index is 11.9. The van der Waals surface area contributed by atoms with Crippen molar-refractivity contribution >= 4 is 25.5 Å². The minimum absolute atomic E-state index is 0.0180. The van der Waals surface area contributed by atoms with Crippen LogP contribution in [0.25, 0.3) is 0 Å². The SMILES string of the molecule is CCCS(=O)(=O)c1ccc(NCCS(=O)(=O)N(C)C)cc1. The van der Waals surface area contributed by atoms with Crippen LogP contribution in [0.5, 0.6) is 0 Å². The van der Waals surface area contributed by atoms with Crippen LogP contribution >= 0.6 is 0 Å². The molecule has 0 heterocycles. The van der Waals surface area contributed by atoms with Crippen LogP contribution in [-0.4, -0.2) is 53.3 Å². The maximum Gasteiger partial charge on any atom is 0.215 e. The fraction of sp³-hybridized carbons (Fsp3) is 0.538. The van der Waals surface area contributed by atoms with Gasteiger partial charge in [-0.15, -0.1) is 0 Å². The van der Waals surface area contributed by atoms with Gasteiger partial charge in [0, 0.05) is 26.3 Å².